The van der Waals surface area contributed by atoms with Crippen LogP contribution >= 0.6 is 0 Å². The molecule has 1 atom stereocenters. The number of hydrogen-bond donors (Lipinski definition) is 0. The van der Waals surface area contributed by atoms with Crippen molar-refractivity contribution in [3.63, 3.8) is 0 Å². The van der Waals surface area contributed by atoms with Gasteiger partial charge >= 0.3 is 5.76 Å². The second-order valence-electron chi connectivity index (χ2n) is 7.11. The summed E-state index contributed by atoms with van der Waals surface area (Å²) in [7, 11) is 0. The van der Waals surface area contributed by atoms with Crippen LogP contribution in [-0.2, 0) is 17.6 Å². The average molecular weight is 352 g/mol. The van der Waals surface area contributed by atoms with E-state index >= 15 is 0 Å². The van der Waals surface area contributed by atoms with E-state index in [4.69, 9.17) is 9.15 Å². The second-order valence-corrected chi connectivity index (χ2v) is 7.11. The molecule has 1 aromatic heterocycles. The van der Waals surface area contributed by atoms with E-state index in [9.17, 15) is 4.79 Å². The number of nitrogens with zero attached hydrogens (tertiary/aromatic N) is 2. The zero-order valence-corrected chi connectivity index (χ0v) is 15.2. The first-order valence-electron chi connectivity index (χ1n) is 9.58. The lowest BCUT2D eigenvalue weighted by molar-refractivity contribution is 0.0130. The Morgan fingerprint density at radius 2 is 2.15 bits per heavy atom. The summed E-state index contributed by atoms with van der Waals surface area (Å²) in [6.45, 7) is 2.84. The zero-order chi connectivity index (χ0) is 17.9. The van der Waals surface area contributed by atoms with Crippen LogP contribution in [0.4, 0.5) is 0 Å². The number of rotatable bonds is 4. The van der Waals surface area contributed by atoms with Crippen LogP contribution < -0.4 is 5.76 Å². The normalized spacial score (nSPS) is 19.8. The highest BCUT2D eigenvalue weighted by atomic mass is 16.5. The Bertz CT molecular complexity index is 890. The molecule has 0 N–H and O–H groups in total. The van der Waals surface area contributed by atoms with Crippen molar-refractivity contribution in [2.24, 2.45) is 5.92 Å². The maximum atomic E-state index is 12.4. The van der Waals surface area contributed by atoms with E-state index in [1.54, 1.807) is 0 Å². The molecule has 1 saturated carbocycles. The Hall–Kier alpha value is -2.32. The van der Waals surface area contributed by atoms with E-state index in [0.29, 0.717) is 18.2 Å². The van der Waals surface area contributed by atoms with E-state index < -0.39 is 5.76 Å². The lowest BCUT2D eigenvalue weighted by Gasteiger charge is -2.20. The van der Waals surface area contributed by atoms with Crippen LogP contribution in [0.5, 0.6) is 0 Å². The molecule has 0 unspecified atom stereocenters. The van der Waals surface area contributed by atoms with Crippen molar-refractivity contribution in [1.29, 1.82) is 0 Å². The molecule has 2 aromatic rings. The predicted molar refractivity (Wildman–Crippen MR) is 98.4 cm³/mol. The highest BCUT2D eigenvalue weighted by Gasteiger charge is 2.20. The molecule has 1 aliphatic carbocycles. The molecule has 5 heteroatoms. The molecule has 136 valence electrons. The monoisotopic (exact) mass is 352 g/mol. The van der Waals surface area contributed by atoms with Gasteiger partial charge in [0.1, 0.15) is 0 Å². The Labute approximate surface area is 153 Å². The molecule has 5 nitrogen and oxygen atoms in total. The van der Waals surface area contributed by atoms with Gasteiger partial charge in [-0.25, -0.2) is 4.79 Å². The third-order valence-corrected chi connectivity index (χ3v) is 4.96. The number of benzene rings is 1. The minimum absolute atomic E-state index is 0.0941. The average Bonchev–Trinajstić information content (AvgIpc) is 3.43. The molecule has 0 amide bonds. The summed E-state index contributed by atoms with van der Waals surface area (Å²) in [5.74, 6) is 7.02. The summed E-state index contributed by atoms with van der Waals surface area (Å²) in [5, 5.41) is 4.44. The van der Waals surface area contributed by atoms with E-state index in [-0.39, 0.29) is 6.10 Å². The third kappa shape index (κ3) is 3.91. The molecular weight excluding hydrogens is 328 g/mol. The van der Waals surface area contributed by atoms with E-state index in [1.165, 1.54) is 17.5 Å². The van der Waals surface area contributed by atoms with Gasteiger partial charge in [0.05, 0.1) is 18.2 Å². The third-order valence-electron chi connectivity index (χ3n) is 4.96. The van der Waals surface area contributed by atoms with Crippen LogP contribution in [0, 0.1) is 17.8 Å². The highest BCUT2D eigenvalue weighted by molar-refractivity contribution is 5.48. The van der Waals surface area contributed by atoms with Crippen LogP contribution in [0.15, 0.2) is 27.4 Å². The first-order chi connectivity index (χ1) is 12.7. The topological polar surface area (TPSA) is 57.3 Å². The lowest BCUT2D eigenvalue weighted by atomic mass is 10.1. The van der Waals surface area contributed by atoms with Gasteiger partial charge in [-0.15, -0.1) is 5.10 Å². The maximum Gasteiger partial charge on any atom is 0.441 e. The molecule has 26 heavy (non-hydrogen) atoms. The van der Waals surface area contributed by atoms with Crippen LogP contribution in [0.25, 0.3) is 5.69 Å². The van der Waals surface area contributed by atoms with Gasteiger partial charge in [0, 0.05) is 18.1 Å². The van der Waals surface area contributed by atoms with E-state index in [2.05, 4.69) is 23.9 Å². The molecule has 0 bridgehead atoms. The van der Waals surface area contributed by atoms with Crippen molar-refractivity contribution in [3.8, 4) is 17.5 Å². The molecule has 2 heterocycles. The SMILES string of the molecule is CCc1ccc(C#CC2CC2)cc1-n1nc(C[C@H]2CCCCO2)oc1=O. The van der Waals surface area contributed by atoms with Gasteiger partial charge in [0.15, 0.2) is 0 Å². The van der Waals surface area contributed by atoms with Crippen LogP contribution in [0.2, 0.25) is 0 Å². The zero-order valence-electron chi connectivity index (χ0n) is 15.2. The van der Waals surface area contributed by atoms with Crippen LogP contribution in [0.1, 0.15) is 56.0 Å². The van der Waals surface area contributed by atoms with Crippen molar-refractivity contribution in [2.45, 2.75) is 58.0 Å². The summed E-state index contributed by atoms with van der Waals surface area (Å²) in [6.07, 6.45) is 7.09. The fourth-order valence-corrected chi connectivity index (χ4v) is 3.27. The molecule has 0 radical (unpaired) electrons. The van der Waals surface area contributed by atoms with Gasteiger partial charge in [-0.3, -0.25) is 0 Å². The summed E-state index contributed by atoms with van der Waals surface area (Å²) in [5.41, 5.74) is 2.73. The fourth-order valence-electron chi connectivity index (χ4n) is 3.27. The minimum Gasteiger partial charge on any atom is -0.392 e. The number of aryl methyl sites for hydroxylation is 1. The van der Waals surface area contributed by atoms with Crippen molar-refractivity contribution in [1.82, 2.24) is 9.78 Å². The van der Waals surface area contributed by atoms with Crippen molar-refractivity contribution in [3.05, 3.63) is 45.8 Å². The van der Waals surface area contributed by atoms with Crippen molar-refractivity contribution in [2.75, 3.05) is 6.61 Å². The second kappa shape index (κ2) is 7.51. The van der Waals surface area contributed by atoms with Crippen molar-refractivity contribution < 1.29 is 9.15 Å². The molecule has 1 aliphatic heterocycles. The number of hydrogen-bond acceptors (Lipinski definition) is 4. The highest BCUT2D eigenvalue weighted by Crippen LogP contribution is 2.27. The summed E-state index contributed by atoms with van der Waals surface area (Å²) in [4.78, 5) is 12.4. The molecular formula is C21H24N2O3. The summed E-state index contributed by atoms with van der Waals surface area (Å²) in [6, 6.07) is 5.98. The molecule has 1 saturated heterocycles. The predicted octanol–water partition coefficient (Wildman–Crippen LogP) is 3.26. The smallest absolute Gasteiger partial charge is 0.392 e. The van der Waals surface area contributed by atoms with Crippen LogP contribution in [0.3, 0.4) is 0 Å². The minimum atomic E-state index is -0.446. The van der Waals surface area contributed by atoms with Gasteiger partial charge in [-0.05, 0) is 56.2 Å². The molecule has 2 fully saturated rings. The number of ether oxygens (including phenoxy) is 1. The van der Waals surface area contributed by atoms with Gasteiger partial charge < -0.3 is 9.15 Å². The summed E-state index contributed by atoms with van der Waals surface area (Å²) >= 11 is 0. The largest absolute Gasteiger partial charge is 0.441 e. The van der Waals surface area contributed by atoms with Crippen LogP contribution in [-0.4, -0.2) is 22.5 Å². The first-order valence-corrected chi connectivity index (χ1v) is 9.58. The number of aromatic nitrogens is 2. The van der Waals surface area contributed by atoms with E-state index in [1.807, 2.05) is 18.2 Å². The Kier molecular flexibility index (Phi) is 4.94. The quantitative estimate of drug-likeness (QED) is 0.793. The van der Waals surface area contributed by atoms with E-state index in [0.717, 1.165) is 49.1 Å². The maximum absolute atomic E-state index is 12.4. The molecule has 0 spiro atoms. The summed E-state index contributed by atoms with van der Waals surface area (Å²) < 4.78 is 12.5. The molecule has 4 rings (SSSR count). The Balaban J connectivity index is 1.62. The lowest BCUT2D eigenvalue weighted by Crippen LogP contribution is -2.21. The molecule has 2 aliphatic rings. The Morgan fingerprint density at radius 3 is 2.88 bits per heavy atom. The van der Waals surface area contributed by atoms with Gasteiger partial charge in [0.25, 0.3) is 0 Å². The van der Waals surface area contributed by atoms with Gasteiger partial charge in [-0.1, -0.05) is 24.8 Å². The fraction of sp³-hybridized carbons (Fsp3) is 0.524. The van der Waals surface area contributed by atoms with Crippen molar-refractivity contribution >= 4 is 0 Å². The van der Waals surface area contributed by atoms with Gasteiger partial charge in [-0.2, -0.15) is 4.68 Å². The standard InChI is InChI=1S/C21H24N2O3/c1-2-17-11-10-16(9-8-15-6-7-15)13-19(17)23-21(24)26-20(22-23)14-18-5-3-4-12-25-18/h10-11,13,15,18H,2-7,12,14H2,1H3/t18-/m1/s1. The van der Waals surface area contributed by atoms with Gasteiger partial charge in [0.2, 0.25) is 5.89 Å². The Morgan fingerprint density at radius 1 is 1.27 bits per heavy atom. The first kappa shape index (κ1) is 17.1. The molecule has 1 aromatic carbocycles.